The molecule has 170 valence electrons. The van der Waals surface area contributed by atoms with E-state index in [0.717, 1.165) is 0 Å². The minimum Gasteiger partial charge on any atom is -0.497 e. The highest BCUT2D eigenvalue weighted by Gasteiger charge is 2.14. The van der Waals surface area contributed by atoms with E-state index in [4.69, 9.17) is 19.9 Å². The summed E-state index contributed by atoms with van der Waals surface area (Å²) in [5.74, 6) is 2.07. The van der Waals surface area contributed by atoms with Gasteiger partial charge in [0.15, 0.2) is 5.82 Å². The highest BCUT2D eigenvalue weighted by molar-refractivity contribution is 5.67. The van der Waals surface area contributed by atoms with Crippen LogP contribution in [0, 0.1) is 5.82 Å². The van der Waals surface area contributed by atoms with Gasteiger partial charge < -0.3 is 30.6 Å². The maximum atomic E-state index is 14.2. The number of nitrogens with two attached hydrogens (primary N) is 1. The molecular weight excluding hydrogens is 431 g/mol. The molecule has 0 spiro atoms. The topological polar surface area (TPSA) is 134 Å². The van der Waals surface area contributed by atoms with Crippen molar-refractivity contribution in [3.8, 4) is 23.1 Å². The summed E-state index contributed by atoms with van der Waals surface area (Å²) in [4.78, 5) is 12.6. The molecule has 0 aliphatic carbocycles. The molecule has 4 N–H and O–H groups in total. The molecular formula is C21H21FN8O3. The van der Waals surface area contributed by atoms with E-state index in [-0.39, 0.29) is 17.6 Å². The van der Waals surface area contributed by atoms with Crippen molar-refractivity contribution in [1.82, 2.24) is 24.7 Å². The second kappa shape index (κ2) is 9.26. The molecule has 0 saturated carbocycles. The predicted molar refractivity (Wildman–Crippen MR) is 120 cm³/mol. The predicted octanol–water partition coefficient (Wildman–Crippen LogP) is 3.29. The Morgan fingerprint density at radius 2 is 1.64 bits per heavy atom. The Hall–Kier alpha value is -4.61. The zero-order chi connectivity index (χ0) is 23.4. The van der Waals surface area contributed by atoms with Crippen molar-refractivity contribution >= 4 is 29.1 Å². The molecule has 0 fully saturated rings. The first-order valence-corrected chi connectivity index (χ1v) is 9.65. The zero-order valence-corrected chi connectivity index (χ0v) is 18.0. The first-order chi connectivity index (χ1) is 16.0. The summed E-state index contributed by atoms with van der Waals surface area (Å²) in [5, 5.41) is 10.2. The van der Waals surface area contributed by atoms with Crippen LogP contribution in [0.5, 0.6) is 17.2 Å². The lowest BCUT2D eigenvalue weighted by Gasteiger charge is -2.12. The fourth-order valence-corrected chi connectivity index (χ4v) is 2.97. The number of anilines is 5. The molecule has 0 bridgehead atoms. The summed E-state index contributed by atoms with van der Waals surface area (Å²) >= 11 is 0. The number of rotatable bonds is 8. The average Bonchev–Trinajstić information content (AvgIpc) is 3.20. The molecule has 0 saturated heterocycles. The minimum absolute atomic E-state index is 0.0510. The lowest BCUT2D eigenvalue weighted by Crippen LogP contribution is -2.06. The molecule has 2 aromatic carbocycles. The van der Waals surface area contributed by atoms with Gasteiger partial charge in [-0.3, -0.25) is 0 Å². The third-order valence-corrected chi connectivity index (χ3v) is 4.59. The van der Waals surface area contributed by atoms with Crippen LogP contribution in [0.25, 0.3) is 5.82 Å². The van der Waals surface area contributed by atoms with Crippen molar-refractivity contribution < 1.29 is 18.6 Å². The summed E-state index contributed by atoms with van der Waals surface area (Å²) in [5.41, 5.74) is 6.83. The monoisotopic (exact) mass is 452 g/mol. The Morgan fingerprint density at radius 3 is 2.36 bits per heavy atom. The van der Waals surface area contributed by atoms with Gasteiger partial charge in [-0.1, -0.05) is 0 Å². The van der Waals surface area contributed by atoms with Crippen molar-refractivity contribution in [3.05, 3.63) is 54.6 Å². The van der Waals surface area contributed by atoms with Gasteiger partial charge in [-0.15, -0.1) is 5.10 Å². The van der Waals surface area contributed by atoms with E-state index in [1.165, 1.54) is 30.3 Å². The van der Waals surface area contributed by atoms with E-state index in [0.29, 0.717) is 34.6 Å². The number of hydrogen-bond donors (Lipinski definition) is 3. The van der Waals surface area contributed by atoms with Gasteiger partial charge >= 0.3 is 0 Å². The molecule has 2 aromatic heterocycles. The molecule has 4 aromatic rings. The lowest BCUT2D eigenvalue weighted by molar-refractivity contribution is 0.405. The highest BCUT2D eigenvalue weighted by Crippen LogP contribution is 2.31. The molecule has 2 heterocycles. The lowest BCUT2D eigenvalue weighted by atomic mass is 10.2. The summed E-state index contributed by atoms with van der Waals surface area (Å²) in [6.07, 6.45) is 1.35. The second-order valence-corrected chi connectivity index (χ2v) is 6.63. The Balaban J connectivity index is 1.59. The van der Waals surface area contributed by atoms with Gasteiger partial charge in [-0.05, 0) is 24.3 Å². The molecule has 4 rings (SSSR count). The van der Waals surface area contributed by atoms with E-state index in [1.54, 1.807) is 44.6 Å². The normalized spacial score (nSPS) is 10.5. The van der Waals surface area contributed by atoms with Crippen molar-refractivity contribution in [1.29, 1.82) is 0 Å². The summed E-state index contributed by atoms with van der Waals surface area (Å²) in [6.45, 7) is 0. The second-order valence-electron chi connectivity index (χ2n) is 6.63. The van der Waals surface area contributed by atoms with E-state index in [9.17, 15) is 4.39 Å². The van der Waals surface area contributed by atoms with Crippen molar-refractivity contribution in [2.24, 2.45) is 0 Å². The molecule has 0 aliphatic heterocycles. The minimum atomic E-state index is -0.523. The third kappa shape index (κ3) is 4.69. The standard InChI is InChI=1S/C21H21FN8O3/c1-31-12-4-6-15(14(22)8-12)27-21-28-20(23)30(29-21)19-10-18(24-11-25-19)26-16-9-13(32-2)5-7-17(16)33-3/h4-11H,1-3H3,(H,24,25,26)(H3,23,27,28,29). The van der Waals surface area contributed by atoms with E-state index < -0.39 is 5.82 Å². The van der Waals surface area contributed by atoms with Crippen LogP contribution >= 0.6 is 0 Å². The van der Waals surface area contributed by atoms with Gasteiger partial charge in [0.2, 0.25) is 11.9 Å². The summed E-state index contributed by atoms with van der Waals surface area (Å²) in [6, 6.07) is 11.3. The summed E-state index contributed by atoms with van der Waals surface area (Å²) < 4.78 is 31.2. The Bertz CT molecular complexity index is 1280. The SMILES string of the molecule is COc1ccc(Nc2nc(N)n(-c3cc(Nc4cc(OC)ccc4OC)ncn3)n2)c(F)c1. The fourth-order valence-electron chi connectivity index (χ4n) is 2.97. The number of methoxy groups -OCH3 is 3. The van der Waals surface area contributed by atoms with Crippen molar-refractivity contribution in [2.45, 2.75) is 0 Å². The zero-order valence-electron chi connectivity index (χ0n) is 18.0. The fraction of sp³-hybridized carbons (Fsp3) is 0.143. The number of ether oxygens (including phenoxy) is 3. The van der Waals surface area contributed by atoms with Crippen LogP contribution < -0.4 is 30.6 Å². The van der Waals surface area contributed by atoms with Gasteiger partial charge in [0.05, 0.1) is 32.7 Å². The smallest absolute Gasteiger partial charge is 0.248 e. The molecule has 0 aliphatic rings. The number of nitrogen functional groups attached to an aromatic ring is 1. The van der Waals surface area contributed by atoms with Gasteiger partial charge in [0, 0.05) is 18.2 Å². The van der Waals surface area contributed by atoms with Crippen LogP contribution in [0.1, 0.15) is 0 Å². The van der Waals surface area contributed by atoms with Crippen LogP contribution in [-0.4, -0.2) is 46.1 Å². The van der Waals surface area contributed by atoms with Gasteiger partial charge in [0.25, 0.3) is 0 Å². The van der Waals surface area contributed by atoms with Gasteiger partial charge in [-0.2, -0.15) is 9.67 Å². The molecule has 11 nitrogen and oxygen atoms in total. The Morgan fingerprint density at radius 1 is 0.879 bits per heavy atom. The quantitative estimate of drug-likeness (QED) is 0.365. The van der Waals surface area contributed by atoms with Crippen molar-refractivity contribution in [2.75, 3.05) is 37.7 Å². The van der Waals surface area contributed by atoms with Gasteiger partial charge in [-0.25, -0.2) is 14.4 Å². The van der Waals surface area contributed by atoms with Gasteiger partial charge in [0.1, 0.15) is 35.2 Å². The van der Waals surface area contributed by atoms with Crippen LogP contribution in [0.15, 0.2) is 48.8 Å². The molecule has 0 amide bonds. The third-order valence-electron chi connectivity index (χ3n) is 4.59. The number of benzene rings is 2. The van der Waals surface area contributed by atoms with Crippen LogP contribution in [-0.2, 0) is 0 Å². The largest absolute Gasteiger partial charge is 0.497 e. The summed E-state index contributed by atoms with van der Waals surface area (Å²) in [7, 11) is 4.60. The maximum absolute atomic E-state index is 14.2. The highest BCUT2D eigenvalue weighted by atomic mass is 19.1. The molecule has 0 atom stereocenters. The molecule has 33 heavy (non-hydrogen) atoms. The number of aromatic nitrogens is 5. The number of hydrogen-bond acceptors (Lipinski definition) is 10. The van der Waals surface area contributed by atoms with Crippen LogP contribution in [0.2, 0.25) is 0 Å². The van der Waals surface area contributed by atoms with Crippen molar-refractivity contribution in [3.63, 3.8) is 0 Å². The molecule has 12 heteroatoms. The van der Waals surface area contributed by atoms with E-state index in [2.05, 4.69) is 30.7 Å². The Labute approximate surface area is 188 Å². The van der Waals surface area contributed by atoms with Crippen LogP contribution in [0.3, 0.4) is 0 Å². The molecule has 0 radical (unpaired) electrons. The average molecular weight is 452 g/mol. The number of nitrogens with zero attached hydrogens (tertiary/aromatic N) is 5. The number of halogens is 1. The van der Waals surface area contributed by atoms with E-state index in [1.807, 2.05) is 0 Å². The number of nitrogens with one attached hydrogen (secondary N) is 2. The van der Waals surface area contributed by atoms with E-state index >= 15 is 0 Å². The Kier molecular flexibility index (Phi) is 6.06. The first kappa shape index (κ1) is 21.6. The first-order valence-electron chi connectivity index (χ1n) is 9.65. The maximum Gasteiger partial charge on any atom is 0.248 e. The molecule has 0 unspecified atom stereocenters. The van der Waals surface area contributed by atoms with Crippen LogP contribution in [0.4, 0.5) is 33.5 Å².